The Balaban J connectivity index is 1.26. The van der Waals surface area contributed by atoms with Crippen LogP contribution in [0.4, 0.5) is 5.82 Å². The van der Waals surface area contributed by atoms with Gasteiger partial charge in [-0.25, -0.2) is 9.97 Å². The zero-order chi connectivity index (χ0) is 23.7. The Morgan fingerprint density at radius 3 is 2.44 bits per heavy atom. The average Bonchev–Trinajstić information content (AvgIpc) is 3.29. The standard InChI is InChI=1S/C27H28ClN5O/c1-18-3-5-21(6-4-18)24-16-23-26(31-24)29-17-30-27(23)33-13-11-32(12-14-33)25(34)15-19(2)20-7-9-22(28)10-8-20/h3-10,16-17,19H,11-15H2,1-2H3,(H,29,30,31)/t19-/m0/s1. The third-order valence-electron chi connectivity index (χ3n) is 6.62. The molecular formula is C27H28ClN5O. The van der Waals surface area contributed by atoms with Crippen molar-refractivity contribution in [3.63, 3.8) is 0 Å². The van der Waals surface area contributed by atoms with Crippen molar-refractivity contribution < 1.29 is 4.79 Å². The number of amides is 1. The van der Waals surface area contributed by atoms with Crippen molar-refractivity contribution in [3.05, 3.63) is 77.1 Å². The van der Waals surface area contributed by atoms with Gasteiger partial charge in [0.25, 0.3) is 0 Å². The van der Waals surface area contributed by atoms with Crippen molar-refractivity contribution in [2.45, 2.75) is 26.2 Å². The van der Waals surface area contributed by atoms with Crippen LogP contribution in [0.5, 0.6) is 0 Å². The number of fused-ring (bicyclic) bond motifs is 1. The van der Waals surface area contributed by atoms with Gasteiger partial charge in [0.15, 0.2) is 0 Å². The molecule has 5 rings (SSSR count). The Labute approximate surface area is 204 Å². The van der Waals surface area contributed by atoms with Crippen LogP contribution in [0.2, 0.25) is 5.02 Å². The van der Waals surface area contributed by atoms with Crippen molar-refractivity contribution in [2.75, 3.05) is 31.1 Å². The number of nitrogens with zero attached hydrogens (tertiary/aromatic N) is 4. The number of hydrogen-bond donors (Lipinski definition) is 1. The predicted octanol–water partition coefficient (Wildman–Crippen LogP) is 5.43. The largest absolute Gasteiger partial charge is 0.352 e. The number of halogens is 1. The van der Waals surface area contributed by atoms with Crippen LogP contribution in [0.15, 0.2) is 60.9 Å². The molecule has 0 radical (unpaired) electrons. The number of piperazine rings is 1. The van der Waals surface area contributed by atoms with Gasteiger partial charge < -0.3 is 14.8 Å². The van der Waals surface area contributed by atoms with E-state index in [1.807, 2.05) is 29.2 Å². The van der Waals surface area contributed by atoms with Crippen LogP contribution in [0, 0.1) is 6.92 Å². The van der Waals surface area contributed by atoms with Crippen molar-refractivity contribution in [1.82, 2.24) is 19.9 Å². The zero-order valence-electron chi connectivity index (χ0n) is 19.5. The lowest BCUT2D eigenvalue weighted by molar-refractivity contribution is -0.131. The van der Waals surface area contributed by atoms with E-state index in [1.165, 1.54) is 5.56 Å². The first kappa shape index (κ1) is 22.4. The highest BCUT2D eigenvalue weighted by molar-refractivity contribution is 6.30. The summed E-state index contributed by atoms with van der Waals surface area (Å²) in [4.78, 5) is 29.6. The molecule has 2 aromatic heterocycles. The van der Waals surface area contributed by atoms with Crippen molar-refractivity contribution in [3.8, 4) is 11.3 Å². The predicted molar refractivity (Wildman–Crippen MR) is 137 cm³/mol. The lowest BCUT2D eigenvalue weighted by Gasteiger charge is -2.36. The van der Waals surface area contributed by atoms with Gasteiger partial charge in [0, 0.05) is 43.3 Å². The topological polar surface area (TPSA) is 65.1 Å². The molecule has 1 atom stereocenters. The molecule has 3 heterocycles. The van der Waals surface area contributed by atoms with Gasteiger partial charge in [-0.2, -0.15) is 0 Å². The van der Waals surface area contributed by atoms with E-state index < -0.39 is 0 Å². The molecule has 1 saturated heterocycles. The number of benzene rings is 2. The Kier molecular flexibility index (Phi) is 6.24. The van der Waals surface area contributed by atoms with Gasteiger partial charge in [0.05, 0.1) is 5.39 Å². The Morgan fingerprint density at radius 2 is 1.74 bits per heavy atom. The maximum atomic E-state index is 12.9. The molecule has 1 aliphatic rings. The number of carbonyl (C=O) groups excluding carboxylic acids is 1. The molecule has 0 spiro atoms. The molecule has 1 fully saturated rings. The van der Waals surface area contributed by atoms with E-state index in [-0.39, 0.29) is 11.8 Å². The fraction of sp³-hybridized carbons (Fsp3) is 0.296. The second kappa shape index (κ2) is 9.47. The summed E-state index contributed by atoms with van der Waals surface area (Å²) in [5.74, 6) is 1.27. The van der Waals surface area contributed by atoms with Crippen molar-refractivity contribution in [1.29, 1.82) is 0 Å². The highest BCUT2D eigenvalue weighted by Gasteiger charge is 2.25. The maximum Gasteiger partial charge on any atom is 0.223 e. The van der Waals surface area contributed by atoms with Gasteiger partial charge in [-0.15, -0.1) is 0 Å². The smallest absolute Gasteiger partial charge is 0.223 e. The molecule has 34 heavy (non-hydrogen) atoms. The van der Waals surface area contributed by atoms with E-state index in [4.69, 9.17) is 11.6 Å². The maximum absolute atomic E-state index is 12.9. The number of aromatic nitrogens is 3. The van der Waals surface area contributed by atoms with E-state index in [2.05, 4.69) is 64.0 Å². The summed E-state index contributed by atoms with van der Waals surface area (Å²) in [5.41, 5.74) is 5.35. The lowest BCUT2D eigenvalue weighted by Crippen LogP contribution is -2.49. The summed E-state index contributed by atoms with van der Waals surface area (Å²) >= 11 is 5.99. The molecule has 0 aliphatic carbocycles. The van der Waals surface area contributed by atoms with E-state index >= 15 is 0 Å². The zero-order valence-corrected chi connectivity index (χ0v) is 20.2. The van der Waals surface area contributed by atoms with E-state index in [0.29, 0.717) is 24.5 Å². The molecule has 0 bridgehead atoms. The van der Waals surface area contributed by atoms with Gasteiger partial charge in [0.1, 0.15) is 17.8 Å². The third-order valence-corrected chi connectivity index (χ3v) is 6.87. The number of hydrogen-bond acceptors (Lipinski definition) is 4. The SMILES string of the molecule is Cc1ccc(-c2cc3c(N4CCN(C(=O)C[C@H](C)c5ccc(Cl)cc5)CC4)ncnc3[nH]2)cc1. The first-order valence-electron chi connectivity index (χ1n) is 11.7. The van der Waals surface area contributed by atoms with E-state index in [1.54, 1.807) is 6.33 Å². The lowest BCUT2D eigenvalue weighted by atomic mass is 9.97. The Hall–Kier alpha value is -3.38. The number of aromatic amines is 1. The molecule has 1 amide bonds. The molecular weight excluding hydrogens is 446 g/mol. The van der Waals surface area contributed by atoms with Gasteiger partial charge in [-0.1, -0.05) is 60.5 Å². The fourth-order valence-corrected chi connectivity index (χ4v) is 4.66. The quantitative estimate of drug-likeness (QED) is 0.419. The molecule has 7 heteroatoms. The monoisotopic (exact) mass is 473 g/mol. The van der Waals surface area contributed by atoms with Crippen molar-refractivity contribution >= 4 is 34.4 Å². The summed E-state index contributed by atoms with van der Waals surface area (Å²) in [6.45, 7) is 7.05. The second-order valence-corrected chi connectivity index (χ2v) is 9.47. The summed E-state index contributed by atoms with van der Waals surface area (Å²) in [6, 6.07) is 18.3. The van der Waals surface area contributed by atoms with E-state index in [0.717, 1.165) is 46.8 Å². The van der Waals surface area contributed by atoms with Crippen LogP contribution in [0.3, 0.4) is 0 Å². The first-order chi connectivity index (χ1) is 16.5. The molecule has 1 N–H and O–H groups in total. The van der Waals surface area contributed by atoms with E-state index in [9.17, 15) is 4.79 Å². The van der Waals surface area contributed by atoms with Crippen LogP contribution in [0.25, 0.3) is 22.3 Å². The number of anilines is 1. The molecule has 1 aliphatic heterocycles. The van der Waals surface area contributed by atoms with Crippen LogP contribution in [-0.4, -0.2) is 51.9 Å². The fourth-order valence-electron chi connectivity index (χ4n) is 4.54. The minimum absolute atomic E-state index is 0.157. The van der Waals surface area contributed by atoms with Crippen molar-refractivity contribution in [2.24, 2.45) is 0 Å². The van der Waals surface area contributed by atoms with Gasteiger partial charge >= 0.3 is 0 Å². The average molecular weight is 474 g/mol. The molecule has 2 aromatic carbocycles. The van der Waals surface area contributed by atoms with Gasteiger partial charge in [0.2, 0.25) is 5.91 Å². The highest BCUT2D eigenvalue weighted by Crippen LogP contribution is 2.30. The Morgan fingerprint density at radius 1 is 1.03 bits per heavy atom. The number of aryl methyl sites for hydroxylation is 1. The molecule has 4 aromatic rings. The number of carbonyl (C=O) groups is 1. The van der Waals surface area contributed by atoms with Gasteiger partial charge in [-0.05, 0) is 42.2 Å². The highest BCUT2D eigenvalue weighted by atomic mass is 35.5. The summed E-state index contributed by atoms with van der Waals surface area (Å²) < 4.78 is 0. The van der Waals surface area contributed by atoms with Crippen LogP contribution >= 0.6 is 11.6 Å². The van der Waals surface area contributed by atoms with Crippen LogP contribution in [-0.2, 0) is 4.79 Å². The molecule has 0 unspecified atom stereocenters. The second-order valence-electron chi connectivity index (χ2n) is 9.03. The number of H-pyrrole nitrogens is 1. The summed E-state index contributed by atoms with van der Waals surface area (Å²) in [6.07, 6.45) is 2.11. The number of nitrogens with one attached hydrogen (secondary N) is 1. The van der Waals surface area contributed by atoms with Crippen LogP contribution < -0.4 is 4.90 Å². The Bertz CT molecular complexity index is 1290. The summed E-state index contributed by atoms with van der Waals surface area (Å²) in [7, 11) is 0. The van der Waals surface area contributed by atoms with Gasteiger partial charge in [-0.3, -0.25) is 4.79 Å². The molecule has 174 valence electrons. The number of rotatable bonds is 5. The third kappa shape index (κ3) is 4.64. The molecule has 6 nitrogen and oxygen atoms in total. The minimum atomic E-state index is 0.157. The van der Waals surface area contributed by atoms with Crippen LogP contribution in [0.1, 0.15) is 30.4 Å². The normalized spacial score (nSPS) is 15.0. The summed E-state index contributed by atoms with van der Waals surface area (Å²) in [5, 5.41) is 1.72. The molecule has 0 saturated carbocycles. The first-order valence-corrected chi connectivity index (χ1v) is 12.0. The minimum Gasteiger partial charge on any atom is -0.352 e.